The van der Waals surface area contributed by atoms with Gasteiger partial charge in [-0.2, -0.15) is 0 Å². The molecule has 0 radical (unpaired) electrons. The van der Waals surface area contributed by atoms with Gasteiger partial charge >= 0.3 is 0 Å². The minimum atomic E-state index is -0.250. The first-order chi connectivity index (χ1) is 10.1. The second kappa shape index (κ2) is 6.25. The molecule has 2 saturated carbocycles. The zero-order chi connectivity index (χ0) is 14.9. The monoisotopic (exact) mass is 355 g/mol. The fourth-order valence-corrected chi connectivity index (χ4v) is 4.43. The number of ether oxygens (including phenoxy) is 1. The summed E-state index contributed by atoms with van der Waals surface area (Å²) in [4.78, 5) is 0. The van der Waals surface area contributed by atoms with Crippen molar-refractivity contribution in [2.45, 2.75) is 57.6 Å². The number of hydrogen-bond donors (Lipinski definition) is 1. The third kappa shape index (κ3) is 2.98. The highest BCUT2D eigenvalue weighted by molar-refractivity contribution is 9.10. The molecule has 1 aromatic carbocycles. The quantitative estimate of drug-likeness (QED) is 0.828. The van der Waals surface area contributed by atoms with Crippen molar-refractivity contribution in [3.05, 3.63) is 28.5 Å². The normalized spacial score (nSPS) is 26.8. The molecular formula is C17H23BrFNO. The lowest BCUT2D eigenvalue weighted by Crippen LogP contribution is -2.63. The van der Waals surface area contributed by atoms with Gasteiger partial charge in [-0.05, 0) is 37.9 Å². The summed E-state index contributed by atoms with van der Waals surface area (Å²) >= 11 is 3.33. The van der Waals surface area contributed by atoms with Crippen molar-refractivity contribution >= 4 is 15.9 Å². The number of benzene rings is 1. The average molecular weight is 356 g/mol. The van der Waals surface area contributed by atoms with E-state index in [2.05, 4.69) is 28.2 Å². The highest BCUT2D eigenvalue weighted by atomic mass is 79.9. The molecule has 21 heavy (non-hydrogen) atoms. The van der Waals surface area contributed by atoms with Crippen molar-refractivity contribution in [3.63, 3.8) is 0 Å². The van der Waals surface area contributed by atoms with E-state index in [9.17, 15) is 4.39 Å². The maximum absolute atomic E-state index is 13.5. The highest BCUT2D eigenvalue weighted by Crippen LogP contribution is 2.54. The molecule has 2 aliphatic rings. The van der Waals surface area contributed by atoms with E-state index in [4.69, 9.17) is 4.74 Å². The van der Waals surface area contributed by atoms with Crippen LogP contribution in [0.3, 0.4) is 0 Å². The first kappa shape index (κ1) is 15.3. The number of rotatable bonds is 5. The predicted molar refractivity (Wildman–Crippen MR) is 86.1 cm³/mol. The van der Waals surface area contributed by atoms with Gasteiger partial charge in [-0.25, -0.2) is 4.39 Å². The molecule has 2 nitrogen and oxygen atoms in total. The smallest absolute Gasteiger partial charge is 0.128 e. The third-order valence-electron chi connectivity index (χ3n) is 5.07. The molecule has 0 bridgehead atoms. The lowest BCUT2D eigenvalue weighted by molar-refractivity contribution is -0.0761. The van der Waals surface area contributed by atoms with Crippen LogP contribution >= 0.6 is 15.9 Å². The minimum Gasteiger partial charge on any atom is -0.490 e. The van der Waals surface area contributed by atoms with E-state index in [-0.39, 0.29) is 17.3 Å². The molecule has 4 heteroatoms. The highest BCUT2D eigenvalue weighted by Gasteiger charge is 2.57. The molecule has 0 heterocycles. The summed E-state index contributed by atoms with van der Waals surface area (Å²) in [6.45, 7) is 3.27. The van der Waals surface area contributed by atoms with Gasteiger partial charge in [0.05, 0.1) is 0 Å². The van der Waals surface area contributed by atoms with Crippen LogP contribution in [0.2, 0.25) is 0 Å². The first-order valence-corrected chi connectivity index (χ1v) is 8.79. The van der Waals surface area contributed by atoms with Crippen LogP contribution in [-0.4, -0.2) is 18.7 Å². The van der Waals surface area contributed by atoms with Crippen LogP contribution in [0.1, 0.15) is 45.4 Å². The number of halogens is 2. The van der Waals surface area contributed by atoms with Gasteiger partial charge in [0.15, 0.2) is 0 Å². The van der Waals surface area contributed by atoms with Crippen molar-refractivity contribution in [2.75, 3.05) is 6.54 Å². The van der Waals surface area contributed by atoms with Crippen molar-refractivity contribution in [1.29, 1.82) is 0 Å². The maximum atomic E-state index is 13.5. The Kier molecular flexibility index (Phi) is 4.55. The molecule has 1 aromatic rings. The molecule has 1 spiro atoms. The van der Waals surface area contributed by atoms with E-state index >= 15 is 0 Å². The molecule has 0 amide bonds. The Hall–Kier alpha value is -0.610. The molecule has 2 aliphatic carbocycles. The van der Waals surface area contributed by atoms with Crippen LogP contribution < -0.4 is 10.1 Å². The fraction of sp³-hybridized carbons (Fsp3) is 0.647. The zero-order valence-corrected chi connectivity index (χ0v) is 14.1. The zero-order valence-electron chi connectivity index (χ0n) is 12.5. The van der Waals surface area contributed by atoms with Crippen molar-refractivity contribution < 1.29 is 9.13 Å². The molecule has 2 atom stereocenters. The van der Waals surface area contributed by atoms with Crippen LogP contribution in [0.4, 0.5) is 4.39 Å². The summed E-state index contributed by atoms with van der Waals surface area (Å²) in [5, 5.41) is 3.68. The van der Waals surface area contributed by atoms with Crippen LogP contribution in [-0.2, 0) is 0 Å². The number of nitrogens with one attached hydrogen (secondary N) is 1. The fourth-order valence-electron chi connectivity index (χ4n) is 3.98. The van der Waals surface area contributed by atoms with E-state index in [0.717, 1.165) is 23.9 Å². The summed E-state index contributed by atoms with van der Waals surface area (Å²) in [6.07, 6.45) is 7.46. The molecule has 116 valence electrons. The standard InChI is InChI=1S/C17H23BrFNO/c1-2-7-20-15-11-16(17(15)5-3-4-6-17)21-14-9-12(18)8-13(19)10-14/h8-10,15-16,20H,2-7,11H2,1H3. The van der Waals surface area contributed by atoms with Crippen LogP contribution in [0.25, 0.3) is 0 Å². The van der Waals surface area contributed by atoms with Crippen LogP contribution in [0, 0.1) is 11.2 Å². The van der Waals surface area contributed by atoms with Gasteiger partial charge < -0.3 is 10.1 Å². The summed E-state index contributed by atoms with van der Waals surface area (Å²) in [6, 6.07) is 5.38. The van der Waals surface area contributed by atoms with Crippen molar-refractivity contribution in [2.24, 2.45) is 5.41 Å². The van der Waals surface area contributed by atoms with E-state index < -0.39 is 0 Å². The molecular weight excluding hydrogens is 333 g/mol. The van der Waals surface area contributed by atoms with E-state index in [1.54, 1.807) is 0 Å². The van der Waals surface area contributed by atoms with Gasteiger partial charge in [-0.3, -0.25) is 0 Å². The summed E-state index contributed by atoms with van der Waals surface area (Å²) in [7, 11) is 0. The largest absolute Gasteiger partial charge is 0.490 e. The molecule has 0 saturated heterocycles. The second-order valence-corrected chi connectivity index (χ2v) is 7.31. The molecule has 2 unspecified atom stereocenters. The van der Waals surface area contributed by atoms with Gasteiger partial charge in [0.25, 0.3) is 0 Å². The summed E-state index contributed by atoms with van der Waals surface area (Å²) in [5.41, 5.74) is 0.272. The van der Waals surface area contributed by atoms with Crippen molar-refractivity contribution in [1.82, 2.24) is 5.32 Å². The summed E-state index contributed by atoms with van der Waals surface area (Å²) in [5.74, 6) is 0.395. The van der Waals surface area contributed by atoms with Crippen molar-refractivity contribution in [3.8, 4) is 5.75 Å². The first-order valence-electron chi connectivity index (χ1n) is 8.00. The molecule has 2 fully saturated rings. The average Bonchev–Trinajstić information content (AvgIpc) is 2.93. The van der Waals surface area contributed by atoms with Gasteiger partial charge in [-0.1, -0.05) is 35.7 Å². The Morgan fingerprint density at radius 2 is 2.10 bits per heavy atom. The van der Waals surface area contributed by atoms with E-state index in [1.807, 2.05) is 6.07 Å². The Morgan fingerprint density at radius 1 is 1.33 bits per heavy atom. The Bertz CT molecular complexity index is 481. The van der Waals surface area contributed by atoms with Gasteiger partial charge in [0.1, 0.15) is 17.7 Å². The SMILES string of the molecule is CCCNC1CC(Oc2cc(F)cc(Br)c2)C12CCCC2. The molecule has 0 aliphatic heterocycles. The Balaban J connectivity index is 1.71. The topological polar surface area (TPSA) is 21.3 Å². The Morgan fingerprint density at radius 3 is 2.76 bits per heavy atom. The van der Waals surface area contributed by atoms with Crippen LogP contribution in [0.5, 0.6) is 5.75 Å². The number of hydrogen-bond acceptors (Lipinski definition) is 2. The maximum Gasteiger partial charge on any atom is 0.128 e. The van der Waals surface area contributed by atoms with Gasteiger partial charge in [0.2, 0.25) is 0 Å². The van der Waals surface area contributed by atoms with Gasteiger partial charge in [-0.15, -0.1) is 0 Å². The predicted octanol–water partition coefficient (Wildman–Crippen LogP) is 4.67. The van der Waals surface area contributed by atoms with E-state index in [1.165, 1.54) is 37.8 Å². The Labute approximate surface area is 134 Å². The van der Waals surface area contributed by atoms with E-state index in [0.29, 0.717) is 11.8 Å². The van der Waals surface area contributed by atoms with Crippen LogP contribution in [0.15, 0.2) is 22.7 Å². The minimum absolute atomic E-state index is 0.225. The molecule has 3 rings (SSSR count). The lowest BCUT2D eigenvalue weighted by Gasteiger charge is -2.54. The molecule has 1 N–H and O–H groups in total. The van der Waals surface area contributed by atoms with Gasteiger partial charge in [0, 0.05) is 28.4 Å². The third-order valence-corrected chi connectivity index (χ3v) is 5.53. The summed E-state index contributed by atoms with van der Waals surface area (Å²) < 4.78 is 20.4. The lowest BCUT2D eigenvalue weighted by atomic mass is 9.60. The molecule has 0 aromatic heterocycles. The second-order valence-electron chi connectivity index (χ2n) is 6.39.